The zero-order valence-electron chi connectivity index (χ0n) is 11.7. The van der Waals surface area contributed by atoms with Crippen LogP contribution in [0, 0.1) is 5.41 Å². The molecule has 1 unspecified atom stereocenters. The van der Waals surface area contributed by atoms with Gasteiger partial charge in [-0.15, -0.1) is 0 Å². The van der Waals surface area contributed by atoms with Crippen molar-refractivity contribution in [3.8, 4) is 0 Å². The predicted octanol–water partition coefficient (Wildman–Crippen LogP) is 3.51. The summed E-state index contributed by atoms with van der Waals surface area (Å²) in [5.41, 5.74) is 0.0714. The van der Waals surface area contributed by atoms with Gasteiger partial charge in [0.05, 0.1) is 0 Å². The highest BCUT2D eigenvalue weighted by molar-refractivity contribution is 5.82. The normalized spacial score (nSPS) is 14.1. The topological polar surface area (TPSA) is 43.4 Å². The molecule has 0 aromatic carbocycles. The summed E-state index contributed by atoms with van der Waals surface area (Å²) in [6, 6.07) is 0. The molecule has 0 fully saturated rings. The van der Waals surface area contributed by atoms with Crippen molar-refractivity contribution in [2.45, 2.75) is 66.2 Å². The van der Waals surface area contributed by atoms with Gasteiger partial charge in [0.25, 0.3) is 0 Å². The van der Waals surface area contributed by atoms with E-state index in [9.17, 15) is 9.59 Å². The summed E-state index contributed by atoms with van der Waals surface area (Å²) in [6.45, 7) is 7.72. The summed E-state index contributed by atoms with van der Waals surface area (Å²) >= 11 is 0. The summed E-state index contributed by atoms with van der Waals surface area (Å²) in [7, 11) is 0. The average molecular weight is 242 g/mol. The molecule has 0 aliphatic carbocycles. The lowest BCUT2D eigenvalue weighted by Gasteiger charge is -2.28. The molecule has 3 heteroatoms. The number of Topliss-reactive ketones (excluding diaryl/α,β-unsaturated/α-hetero) is 1. The van der Waals surface area contributed by atoms with Gasteiger partial charge in [-0.1, -0.05) is 40.0 Å². The van der Waals surface area contributed by atoms with E-state index in [1.807, 2.05) is 0 Å². The molecule has 0 aliphatic rings. The Labute approximate surface area is 105 Å². The molecule has 0 heterocycles. The fraction of sp³-hybridized carbons (Fsp3) is 0.857. The van der Waals surface area contributed by atoms with Crippen molar-refractivity contribution >= 4 is 11.8 Å². The molecule has 0 amide bonds. The largest absolute Gasteiger partial charge is 0.458 e. The van der Waals surface area contributed by atoms with Crippen LogP contribution in [0.3, 0.4) is 0 Å². The molecule has 0 aromatic rings. The maximum absolute atomic E-state index is 11.7. The first-order valence-corrected chi connectivity index (χ1v) is 6.58. The molecule has 1 atom stereocenters. The number of ether oxygens (including phenoxy) is 1. The number of carbonyl (C=O) groups is 2. The lowest BCUT2D eigenvalue weighted by Crippen LogP contribution is -2.24. The molecule has 0 saturated carbocycles. The number of hydrogen-bond donors (Lipinski definition) is 0. The summed E-state index contributed by atoms with van der Waals surface area (Å²) in [5, 5.41) is 0. The lowest BCUT2D eigenvalue weighted by molar-refractivity contribution is -0.146. The second kappa shape index (κ2) is 8.26. The Bertz CT molecular complexity index is 248. The highest BCUT2D eigenvalue weighted by atomic mass is 16.5. The van der Waals surface area contributed by atoms with Gasteiger partial charge in [-0.25, -0.2) is 0 Å². The number of carbonyl (C=O) groups excluding carboxylic acids is 2. The van der Waals surface area contributed by atoms with E-state index in [0.29, 0.717) is 6.42 Å². The van der Waals surface area contributed by atoms with Crippen LogP contribution in [0.1, 0.15) is 66.2 Å². The van der Waals surface area contributed by atoms with Gasteiger partial charge in [-0.3, -0.25) is 9.59 Å². The Morgan fingerprint density at radius 1 is 1.12 bits per heavy atom. The van der Waals surface area contributed by atoms with Crippen molar-refractivity contribution in [3.63, 3.8) is 0 Å². The first kappa shape index (κ1) is 16.1. The molecule has 0 bridgehead atoms. The van der Waals surface area contributed by atoms with Crippen molar-refractivity contribution in [3.05, 3.63) is 0 Å². The van der Waals surface area contributed by atoms with Crippen LogP contribution >= 0.6 is 0 Å². The van der Waals surface area contributed by atoms with E-state index in [1.165, 1.54) is 6.92 Å². The second-order valence-corrected chi connectivity index (χ2v) is 5.16. The lowest BCUT2D eigenvalue weighted by atomic mass is 9.77. The number of unbranched alkanes of at least 4 members (excludes halogenated alkanes) is 1. The van der Waals surface area contributed by atoms with Gasteiger partial charge in [0.1, 0.15) is 6.61 Å². The van der Waals surface area contributed by atoms with Crippen molar-refractivity contribution in [2.24, 2.45) is 5.41 Å². The minimum atomic E-state index is -0.385. The molecule has 17 heavy (non-hydrogen) atoms. The van der Waals surface area contributed by atoms with E-state index < -0.39 is 0 Å². The Kier molecular flexibility index (Phi) is 7.85. The third-order valence-electron chi connectivity index (χ3n) is 3.05. The number of hydrogen-bond acceptors (Lipinski definition) is 3. The van der Waals surface area contributed by atoms with Crippen LogP contribution in [-0.2, 0) is 14.3 Å². The van der Waals surface area contributed by atoms with Crippen molar-refractivity contribution in [1.82, 2.24) is 0 Å². The zero-order valence-corrected chi connectivity index (χ0v) is 11.7. The van der Waals surface area contributed by atoms with Crippen LogP contribution in [0.5, 0.6) is 0 Å². The summed E-state index contributed by atoms with van der Waals surface area (Å²) in [6.07, 6.45) is 6.03. The molecule has 0 aromatic heterocycles. The average Bonchev–Trinajstić information content (AvgIpc) is 2.24. The van der Waals surface area contributed by atoms with E-state index >= 15 is 0 Å². The first-order valence-electron chi connectivity index (χ1n) is 6.58. The van der Waals surface area contributed by atoms with E-state index in [2.05, 4.69) is 20.8 Å². The fourth-order valence-electron chi connectivity index (χ4n) is 2.22. The van der Waals surface area contributed by atoms with Gasteiger partial charge in [0, 0.05) is 13.3 Å². The highest BCUT2D eigenvalue weighted by Crippen LogP contribution is 2.33. The quantitative estimate of drug-likeness (QED) is 0.581. The predicted molar refractivity (Wildman–Crippen MR) is 68.8 cm³/mol. The van der Waals surface area contributed by atoms with Gasteiger partial charge in [-0.05, 0) is 18.3 Å². The number of esters is 1. The van der Waals surface area contributed by atoms with Crippen molar-refractivity contribution < 1.29 is 14.3 Å². The SMILES string of the molecule is CCCCC(C)(CCC)CC(=O)COC(C)=O. The van der Waals surface area contributed by atoms with E-state index in [-0.39, 0.29) is 23.8 Å². The molecule has 0 radical (unpaired) electrons. The van der Waals surface area contributed by atoms with Crippen LogP contribution in [-0.4, -0.2) is 18.4 Å². The Morgan fingerprint density at radius 3 is 2.24 bits per heavy atom. The summed E-state index contributed by atoms with van der Waals surface area (Å²) in [4.78, 5) is 22.4. The number of rotatable bonds is 9. The molecule has 0 saturated heterocycles. The standard InChI is InChI=1S/C14H26O3/c1-5-7-9-14(4,8-6-2)10-13(16)11-17-12(3)15/h5-11H2,1-4H3. The van der Waals surface area contributed by atoms with Gasteiger partial charge in [0.15, 0.2) is 5.78 Å². The van der Waals surface area contributed by atoms with E-state index in [0.717, 1.165) is 32.1 Å². The molecule has 0 N–H and O–H groups in total. The molecule has 0 aliphatic heterocycles. The smallest absolute Gasteiger partial charge is 0.303 e. The van der Waals surface area contributed by atoms with Gasteiger partial charge in [-0.2, -0.15) is 0 Å². The van der Waals surface area contributed by atoms with Crippen molar-refractivity contribution in [1.29, 1.82) is 0 Å². The third kappa shape index (κ3) is 7.94. The van der Waals surface area contributed by atoms with E-state index in [1.54, 1.807) is 0 Å². The minimum Gasteiger partial charge on any atom is -0.458 e. The van der Waals surface area contributed by atoms with Crippen LogP contribution in [0.4, 0.5) is 0 Å². The first-order chi connectivity index (χ1) is 7.93. The zero-order chi connectivity index (χ0) is 13.3. The van der Waals surface area contributed by atoms with Gasteiger partial charge >= 0.3 is 5.97 Å². The van der Waals surface area contributed by atoms with Crippen LogP contribution < -0.4 is 0 Å². The fourth-order valence-corrected chi connectivity index (χ4v) is 2.22. The second-order valence-electron chi connectivity index (χ2n) is 5.16. The molecule has 100 valence electrons. The highest BCUT2D eigenvalue weighted by Gasteiger charge is 2.26. The molecule has 0 rings (SSSR count). The van der Waals surface area contributed by atoms with Crippen LogP contribution in [0.2, 0.25) is 0 Å². The Morgan fingerprint density at radius 2 is 1.76 bits per heavy atom. The molecular formula is C14H26O3. The minimum absolute atomic E-state index is 0.0345. The summed E-state index contributed by atoms with van der Waals surface area (Å²) < 4.78 is 4.74. The Balaban J connectivity index is 4.21. The number of ketones is 1. The monoisotopic (exact) mass is 242 g/mol. The molecule has 3 nitrogen and oxygen atoms in total. The third-order valence-corrected chi connectivity index (χ3v) is 3.05. The van der Waals surface area contributed by atoms with Crippen LogP contribution in [0.25, 0.3) is 0 Å². The summed E-state index contributed by atoms with van der Waals surface area (Å²) in [5.74, 6) is -0.351. The maximum atomic E-state index is 11.7. The van der Waals surface area contributed by atoms with Crippen LogP contribution in [0.15, 0.2) is 0 Å². The maximum Gasteiger partial charge on any atom is 0.303 e. The molecular weight excluding hydrogens is 216 g/mol. The Hall–Kier alpha value is -0.860. The van der Waals surface area contributed by atoms with Crippen molar-refractivity contribution in [2.75, 3.05) is 6.61 Å². The van der Waals surface area contributed by atoms with Gasteiger partial charge < -0.3 is 4.74 Å². The van der Waals surface area contributed by atoms with E-state index in [4.69, 9.17) is 4.74 Å². The van der Waals surface area contributed by atoms with Gasteiger partial charge in [0.2, 0.25) is 0 Å². The molecule has 0 spiro atoms.